The molecule has 0 atom stereocenters. The Kier molecular flexibility index (Phi) is 4.37. The van der Waals surface area contributed by atoms with Crippen LogP contribution in [0.15, 0.2) is 16.9 Å². The van der Waals surface area contributed by atoms with Crippen LogP contribution in [0.3, 0.4) is 0 Å². The predicted octanol–water partition coefficient (Wildman–Crippen LogP) is 3.17. The van der Waals surface area contributed by atoms with Gasteiger partial charge in [0.05, 0.1) is 46.6 Å². The summed E-state index contributed by atoms with van der Waals surface area (Å²) in [5, 5.41) is 11.0. The SMILES string of the molecule is C#CCn1c(=O)c(-c2c(Cl)ccc(Cl)c2OC)c(O)c2nsnc21. The third-order valence-corrected chi connectivity index (χ3v) is 4.54. The summed E-state index contributed by atoms with van der Waals surface area (Å²) in [5.74, 6) is 2.21. The first kappa shape index (κ1) is 16.6. The monoisotopic (exact) mass is 381 g/mol. The third kappa shape index (κ3) is 2.40. The molecule has 0 aliphatic rings. The molecular weight excluding hydrogens is 373 g/mol. The minimum atomic E-state index is -0.562. The van der Waals surface area contributed by atoms with E-state index >= 15 is 0 Å². The van der Waals surface area contributed by atoms with Crippen molar-refractivity contribution in [2.45, 2.75) is 6.54 Å². The maximum absolute atomic E-state index is 12.9. The molecule has 122 valence electrons. The van der Waals surface area contributed by atoms with E-state index in [0.717, 1.165) is 11.7 Å². The average Bonchev–Trinajstić information content (AvgIpc) is 3.04. The normalized spacial score (nSPS) is 10.8. The second-order valence-corrected chi connectivity index (χ2v) is 6.04. The van der Waals surface area contributed by atoms with Crippen LogP contribution in [0, 0.1) is 12.3 Å². The fourth-order valence-electron chi connectivity index (χ4n) is 2.39. The summed E-state index contributed by atoms with van der Waals surface area (Å²) < 4.78 is 14.6. The second kappa shape index (κ2) is 6.32. The number of fused-ring (bicyclic) bond motifs is 1. The van der Waals surface area contributed by atoms with Crippen LogP contribution in [-0.4, -0.2) is 25.5 Å². The van der Waals surface area contributed by atoms with Crippen LogP contribution in [0.2, 0.25) is 10.0 Å². The van der Waals surface area contributed by atoms with E-state index in [4.69, 9.17) is 34.4 Å². The number of aromatic nitrogens is 3. The van der Waals surface area contributed by atoms with Crippen molar-refractivity contribution in [2.75, 3.05) is 7.11 Å². The summed E-state index contributed by atoms with van der Waals surface area (Å²) >= 11 is 13.2. The van der Waals surface area contributed by atoms with E-state index in [9.17, 15) is 9.90 Å². The Balaban J connectivity index is 2.51. The van der Waals surface area contributed by atoms with E-state index < -0.39 is 5.56 Å². The van der Waals surface area contributed by atoms with Gasteiger partial charge in [-0.3, -0.25) is 9.36 Å². The van der Waals surface area contributed by atoms with Gasteiger partial charge in [0, 0.05) is 0 Å². The molecule has 0 spiro atoms. The van der Waals surface area contributed by atoms with Gasteiger partial charge >= 0.3 is 0 Å². The molecule has 3 rings (SSSR count). The first-order chi connectivity index (χ1) is 11.5. The van der Waals surface area contributed by atoms with Gasteiger partial charge in [-0.1, -0.05) is 29.1 Å². The van der Waals surface area contributed by atoms with Crippen molar-refractivity contribution in [3.63, 3.8) is 0 Å². The summed E-state index contributed by atoms with van der Waals surface area (Å²) in [6.45, 7) is -0.0332. The van der Waals surface area contributed by atoms with E-state index in [1.807, 2.05) is 0 Å². The third-order valence-electron chi connectivity index (χ3n) is 3.41. The highest BCUT2D eigenvalue weighted by Gasteiger charge is 2.25. The predicted molar refractivity (Wildman–Crippen MR) is 94.2 cm³/mol. The van der Waals surface area contributed by atoms with Crippen LogP contribution in [0.5, 0.6) is 11.5 Å². The van der Waals surface area contributed by atoms with Crippen molar-refractivity contribution < 1.29 is 9.84 Å². The minimum absolute atomic E-state index is 0.0332. The first-order valence-electron chi connectivity index (χ1n) is 6.55. The van der Waals surface area contributed by atoms with Crippen molar-refractivity contribution in [1.29, 1.82) is 0 Å². The number of hydrogen-bond donors (Lipinski definition) is 1. The van der Waals surface area contributed by atoms with E-state index in [1.165, 1.54) is 23.8 Å². The fourth-order valence-corrected chi connectivity index (χ4v) is 3.42. The molecule has 0 fully saturated rings. The summed E-state index contributed by atoms with van der Waals surface area (Å²) in [4.78, 5) is 12.9. The zero-order valence-corrected chi connectivity index (χ0v) is 14.5. The zero-order valence-electron chi connectivity index (χ0n) is 12.2. The number of halogens is 2. The second-order valence-electron chi connectivity index (χ2n) is 4.69. The standard InChI is InChI=1S/C15H9Cl2N3O3S/c1-3-6-20-14-11(18-24-19-14)12(21)10(15(20)22)9-7(16)4-5-8(17)13(9)23-2/h1,4-5,21H,6H2,2H3. The van der Waals surface area contributed by atoms with Crippen LogP contribution in [-0.2, 0) is 6.54 Å². The Labute approximate surface area is 150 Å². The van der Waals surface area contributed by atoms with Crippen molar-refractivity contribution in [3.05, 3.63) is 32.5 Å². The lowest BCUT2D eigenvalue weighted by atomic mass is 10.0. The van der Waals surface area contributed by atoms with Crippen molar-refractivity contribution in [3.8, 4) is 35.0 Å². The number of rotatable bonds is 3. The van der Waals surface area contributed by atoms with Crippen molar-refractivity contribution in [2.24, 2.45) is 0 Å². The lowest BCUT2D eigenvalue weighted by Crippen LogP contribution is -2.22. The molecule has 9 heteroatoms. The number of nitrogens with zero attached hydrogens (tertiary/aromatic N) is 3. The Hall–Kier alpha value is -2.27. The van der Waals surface area contributed by atoms with Crippen LogP contribution in [0.4, 0.5) is 0 Å². The Bertz CT molecular complexity index is 1050. The molecule has 2 aromatic heterocycles. The van der Waals surface area contributed by atoms with E-state index in [2.05, 4.69) is 14.7 Å². The molecule has 2 heterocycles. The maximum Gasteiger partial charge on any atom is 0.265 e. The van der Waals surface area contributed by atoms with Crippen molar-refractivity contribution >= 4 is 46.1 Å². The molecule has 0 bridgehead atoms. The lowest BCUT2D eigenvalue weighted by Gasteiger charge is -2.14. The zero-order chi connectivity index (χ0) is 17.4. The number of pyridine rings is 1. The number of aromatic hydroxyl groups is 1. The number of ether oxygens (including phenoxy) is 1. The van der Waals surface area contributed by atoms with E-state index in [0.29, 0.717) is 0 Å². The van der Waals surface area contributed by atoms with Crippen LogP contribution in [0.1, 0.15) is 0 Å². The van der Waals surface area contributed by atoms with Gasteiger partial charge < -0.3 is 9.84 Å². The molecule has 0 aliphatic carbocycles. The molecule has 3 aromatic rings. The van der Waals surface area contributed by atoms with Gasteiger partial charge in [0.25, 0.3) is 5.56 Å². The molecule has 0 unspecified atom stereocenters. The van der Waals surface area contributed by atoms with Gasteiger partial charge in [-0.05, 0) is 12.1 Å². The molecule has 0 saturated heterocycles. The highest BCUT2D eigenvalue weighted by molar-refractivity contribution is 7.00. The van der Waals surface area contributed by atoms with Gasteiger partial charge in [0.15, 0.2) is 16.9 Å². The van der Waals surface area contributed by atoms with Gasteiger partial charge in [0.1, 0.15) is 5.75 Å². The van der Waals surface area contributed by atoms with Gasteiger partial charge in [-0.25, -0.2) is 0 Å². The molecule has 6 nitrogen and oxygen atoms in total. The van der Waals surface area contributed by atoms with Gasteiger partial charge in [0.2, 0.25) is 0 Å². The summed E-state index contributed by atoms with van der Waals surface area (Å²) in [6.07, 6.45) is 5.34. The molecule has 0 amide bonds. The lowest BCUT2D eigenvalue weighted by molar-refractivity contribution is 0.416. The number of hydrogen-bond acceptors (Lipinski definition) is 6. The Morgan fingerprint density at radius 2 is 2.04 bits per heavy atom. The Morgan fingerprint density at radius 1 is 1.33 bits per heavy atom. The van der Waals surface area contributed by atoms with Gasteiger partial charge in [-0.15, -0.1) is 6.42 Å². The molecule has 1 aromatic carbocycles. The first-order valence-corrected chi connectivity index (χ1v) is 8.03. The average molecular weight is 382 g/mol. The molecule has 0 radical (unpaired) electrons. The topological polar surface area (TPSA) is 77.2 Å². The van der Waals surface area contributed by atoms with E-state index in [-0.39, 0.29) is 50.4 Å². The molecule has 0 aliphatic heterocycles. The fraction of sp³-hybridized carbons (Fsp3) is 0.133. The molecule has 0 saturated carbocycles. The van der Waals surface area contributed by atoms with Gasteiger partial charge in [-0.2, -0.15) is 8.75 Å². The van der Waals surface area contributed by atoms with Crippen LogP contribution in [0.25, 0.3) is 22.3 Å². The van der Waals surface area contributed by atoms with Crippen molar-refractivity contribution in [1.82, 2.24) is 13.3 Å². The number of terminal acetylenes is 1. The number of benzene rings is 1. The quantitative estimate of drug-likeness (QED) is 0.705. The maximum atomic E-state index is 12.9. The summed E-state index contributed by atoms with van der Waals surface area (Å²) in [5.41, 5.74) is -0.109. The van der Waals surface area contributed by atoms with E-state index in [1.54, 1.807) is 0 Å². The smallest absolute Gasteiger partial charge is 0.265 e. The van der Waals surface area contributed by atoms with Crippen LogP contribution < -0.4 is 10.3 Å². The highest BCUT2D eigenvalue weighted by atomic mass is 35.5. The molecule has 1 N–H and O–H groups in total. The summed E-state index contributed by atoms with van der Waals surface area (Å²) in [7, 11) is 1.39. The Morgan fingerprint density at radius 3 is 2.71 bits per heavy atom. The number of methoxy groups -OCH3 is 1. The molecular formula is C15H9Cl2N3O3S. The molecule has 24 heavy (non-hydrogen) atoms. The van der Waals surface area contributed by atoms with Crippen LogP contribution >= 0.6 is 34.9 Å². The minimum Gasteiger partial charge on any atom is -0.505 e. The summed E-state index contributed by atoms with van der Waals surface area (Å²) in [6, 6.07) is 3.04. The highest BCUT2D eigenvalue weighted by Crippen LogP contribution is 2.44. The largest absolute Gasteiger partial charge is 0.505 e.